The molecule has 0 aliphatic heterocycles. The highest BCUT2D eigenvalue weighted by molar-refractivity contribution is 6.16. The smallest absolute Gasteiger partial charge is 0.0640 e. The summed E-state index contributed by atoms with van der Waals surface area (Å²) in [5.74, 6) is 1.28. The van der Waals surface area contributed by atoms with Gasteiger partial charge in [0.15, 0.2) is 0 Å². The van der Waals surface area contributed by atoms with Gasteiger partial charge in [0.25, 0.3) is 0 Å². The van der Waals surface area contributed by atoms with Crippen molar-refractivity contribution in [2.75, 3.05) is 6.54 Å². The van der Waals surface area contributed by atoms with Gasteiger partial charge in [-0.05, 0) is 50.8 Å². The lowest BCUT2D eigenvalue weighted by Crippen LogP contribution is -2.27. The molecule has 1 aromatic heterocycles. The molecule has 0 amide bonds. The predicted molar refractivity (Wildman–Crippen MR) is 93.5 cm³/mol. The minimum absolute atomic E-state index is 0.306. The van der Waals surface area contributed by atoms with Crippen LogP contribution in [0, 0.1) is 12.8 Å². The fourth-order valence-electron chi connectivity index (χ4n) is 2.98. The highest BCUT2D eigenvalue weighted by Gasteiger charge is 2.14. The Morgan fingerprint density at radius 3 is 2.77 bits per heavy atom. The Morgan fingerprint density at radius 2 is 2.05 bits per heavy atom. The fraction of sp³-hybridized carbons (Fsp3) is 0.611. The predicted octanol–water partition coefficient (Wildman–Crippen LogP) is 4.81. The van der Waals surface area contributed by atoms with Crippen molar-refractivity contribution in [1.82, 2.24) is 15.3 Å². The van der Waals surface area contributed by atoms with Gasteiger partial charge in [-0.3, -0.25) is 4.98 Å². The molecule has 122 valence electrons. The number of alkyl halides is 1. The Morgan fingerprint density at radius 1 is 1.27 bits per heavy atom. The summed E-state index contributed by atoms with van der Waals surface area (Å²) in [7, 11) is 0. The van der Waals surface area contributed by atoms with E-state index in [9.17, 15) is 0 Å². The molecule has 2 N–H and O–H groups in total. The number of halogens is 1. The largest absolute Gasteiger partial charge is 0.360 e. The second kappa shape index (κ2) is 9.16. The third-order valence-corrected chi connectivity index (χ3v) is 4.71. The van der Waals surface area contributed by atoms with Crippen molar-refractivity contribution in [2.45, 2.75) is 57.9 Å². The van der Waals surface area contributed by atoms with Gasteiger partial charge in [-0.25, -0.2) is 0 Å². The number of aryl methyl sites for hydroxylation is 1. The number of nitrogens with one attached hydrogen (secondary N) is 2. The van der Waals surface area contributed by atoms with E-state index in [-0.39, 0.29) is 0 Å². The van der Waals surface area contributed by atoms with Gasteiger partial charge in [0, 0.05) is 29.8 Å². The van der Waals surface area contributed by atoms with Crippen molar-refractivity contribution in [3.63, 3.8) is 0 Å². The normalized spacial score (nSPS) is 17.0. The lowest BCUT2D eigenvalue weighted by Gasteiger charge is -2.24. The fourth-order valence-corrected chi connectivity index (χ4v) is 3.12. The molecule has 22 heavy (non-hydrogen) atoms. The maximum Gasteiger partial charge on any atom is 0.0640 e. The molecule has 1 fully saturated rings. The summed E-state index contributed by atoms with van der Waals surface area (Å²) in [5, 5.41) is 3.67. The van der Waals surface area contributed by atoms with Gasteiger partial charge in [0.05, 0.1) is 5.88 Å². The zero-order chi connectivity index (χ0) is 15.8. The van der Waals surface area contributed by atoms with Gasteiger partial charge in [-0.2, -0.15) is 0 Å². The molecule has 0 saturated heterocycles. The second-order valence-electron chi connectivity index (χ2n) is 6.34. The minimum atomic E-state index is 0.306. The Bertz CT molecular complexity index is 505. The van der Waals surface area contributed by atoms with E-state index in [1.54, 1.807) is 6.20 Å². The molecule has 1 heterocycles. The monoisotopic (exact) mass is 321 g/mol. The van der Waals surface area contributed by atoms with E-state index in [1.165, 1.54) is 37.7 Å². The quantitative estimate of drug-likeness (QED) is 0.764. The van der Waals surface area contributed by atoms with Crippen LogP contribution in [0.25, 0.3) is 0 Å². The third-order valence-electron chi connectivity index (χ3n) is 4.42. The maximum atomic E-state index is 5.90. The molecule has 3 nitrogen and oxygen atoms in total. The van der Waals surface area contributed by atoms with Crippen LogP contribution >= 0.6 is 11.6 Å². The third kappa shape index (κ3) is 5.62. The van der Waals surface area contributed by atoms with Crippen molar-refractivity contribution in [1.29, 1.82) is 0 Å². The number of aromatic amines is 1. The number of aromatic nitrogens is 2. The van der Waals surface area contributed by atoms with Crippen molar-refractivity contribution in [3.05, 3.63) is 41.5 Å². The molecule has 4 heteroatoms. The molecule has 1 aliphatic rings. The van der Waals surface area contributed by atoms with E-state index in [0.717, 1.165) is 23.9 Å². The first-order valence-corrected chi connectivity index (χ1v) is 8.89. The molecule has 0 aromatic carbocycles. The van der Waals surface area contributed by atoms with Gasteiger partial charge in [-0.1, -0.05) is 25.3 Å². The molecule has 2 rings (SSSR count). The summed E-state index contributed by atoms with van der Waals surface area (Å²) in [6, 6.07) is 4.53. The van der Waals surface area contributed by atoms with E-state index in [4.69, 9.17) is 11.6 Å². The zero-order valence-corrected chi connectivity index (χ0v) is 14.5. The van der Waals surface area contributed by atoms with Gasteiger partial charge < -0.3 is 10.3 Å². The first-order chi connectivity index (χ1) is 10.7. The van der Waals surface area contributed by atoms with E-state index in [2.05, 4.69) is 34.3 Å². The standard InChI is InChI=1S/C18H28ClN3/c1-14-8-9-17(12-20-13-18(10-19)22-14)15(2)21-11-16-6-4-3-5-7-16/h8-9,12-13,15-16,21-22H,3-7,10-11H2,1-2H3. The summed E-state index contributed by atoms with van der Waals surface area (Å²) in [5.41, 5.74) is 3.20. The molecular formula is C18H28ClN3. The first-order valence-electron chi connectivity index (χ1n) is 8.36. The number of hydrogen-bond acceptors (Lipinski definition) is 2. The number of rotatable bonds is 5. The Labute approximate surface area is 139 Å². The average molecular weight is 322 g/mol. The Hall–Kier alpha value is -1.06. The molecule has 1 aliphatic carbocycles. The lowest BCUT2D eigenvalue weighted by atomic mass is 9.89. The van der Waals surface area contributed by atoms with Crippen molar-refractivity contribution < 1.29 is 0 Å². The Balaban J connectivity index is 2.04. The summed E-state index contributed by atoms with van der Waals surface area (Å²) in [6.07, 6.45) is 10.7. The van der Waals surface area contributed by atoms with Gasteiger partial charge >= 0.3 is 0 Å². The maximum absolute atomic E-state index is 5.90. The van der Waals surface area contributed by atoms with Crippen molar-refractivity contribution in [3.8, 4) is 0 Å². The minimum Gasteiger partial charge on any atom is -0.360 e. The highest BCUT2D eigenvalue weighted by atomic mass is 35.5. The molecule has 0 radical (unpaired) electrons. The van der Waals surface area contributed by atoms with E-state index in [0.29, 0.717) is 11.9 Å². The summed E-state index contributed by atoms with van der Waals surface area (Å²) >= 11 is 5.90. The summed E-state index contributed by atoms with van der Waals surface area (Å²) in [4.78, 5) is 7.66. The summed E-state index contributed by atoms with van der Waals surface area (Å²) in [6.45, 7) is 5.36. The van der Waals surface area contributed by atoms with Crippen LogP contribution in [0.3, 0.4) is 0 Å². The van der Waals surface area contributed by atoms with E-state index < -0.39 is 0 Å². The van der Waals surface area contributed by atoms with Gasteiger partial charge in [0.1, 0.15) is 0 Å². The molecule has 1 aromatic rings. The van der Waals surface area contributed by atoms with Crippen LogP contribution in [0.1, 0.15) is 62.0 Å². The zero-order valence-electron chi connectivity index (χ0n) is 13.7. The van der Waals surface area contributed by atoms with Crippen LogP contribution in [0.15, 0.2) is 24.5 Å². The van der Waals surface area contributed by atoms with Gasteiger partial charge in [-0.15, -0.1) is 11.6 Å². The number of nitrogens with zero attached hydrogens (tertiary/aromatic N) is 1. The van der Waals surface area contributed by atoms with Crippen molar-refractivity contribution in [2.24, 2.45) is 5.92 Å². The highest BCUT2D eigenvalue weighted by Crippen LogP contribution is 2.23. The van der Waals surface area contributed by atoms with Crippen LogP contribution in [0.2, 0.25) is 0 Å². The molecule has 1 atom stereocenters. The first kappa shape index (κ1) is 17.3. The van der Waals surface area contributed by atoms with Crippen LogP contribution < -0.4 is 5.32 Å². The summed E-state index contributed by atoms with van der Waals surface area (Å²) < 4.78 is 0. The van der Waals surface area contributed by atoms with Crippen LogP contribution in [-0.2, 0) is 5.88 Å². The van der Waals surface area contributed by atoms with E-state index >= 15 is 0 Å². The molecule has 0 bridgehead atoms. The average Bonchev–Trinajstić information content (AvgIpc) is 2.64. The van der Waals surface area contributed by atoms with Crippen molar-refractivity contribution >= 4 is 11.6 Å². The van der Waals surface area contributed by atoms with Crippen LogP contribution in [0.5, 0.6) is 0 Å². The molecule has 1 unspecified atom stereocenters. The van der Waals surface area contributed by atoms with Gasteiger partial charge in [0.2, 0.25) is 0 Å². The lowest BCUT2D eigenvalue weighted by molar-refractivity contribution is 0.331. The second-order valence-corrected chi connectivity index (χ2v) is 6.61. The topological polar surface area (TPSA) is 40.7 Å². The Kier molecular flexibility index (Phi) is 7.20. The molecule has 1 saturated carbocycles. The number of hydrogen-bond donors (Lipinski definition) is 2. The molecular weight excluding hydrogens is 294 g/mol. The van der Waals surface area contributed by atoms with Crippen LogP contribution in [-0.4, -0.2) is 16.5 Å². The van der Waals surface area contributed by atoms with Crippen LogP contribution in [0.4, 0.5) is 0 Å². The number of H-pyrrole nitrogens is 1. The SMILES string of the molecule is Cc1ccc(C(C)NCC2CCCCC2)cncc(CCl)[nH]1. The molecule has 0 spiro atoms. The van der Waals surface area contributed by atoms with E-state index in [1.807, 2.05) is 13.1 Å².